The highest BCUT2D eigenvalue weighted by atomic mass is 16.5. The number of methoxy groups -OCH3 is 1. The molecule has 0 amide bonds. The molecule has 1 fully saturated rings. The van der Waals surface area contributed by atoms with Gasteiger partial charge in [-0.3, -0.25) is 4.99 Å². The summed E-state index contributed by atoms with van der Waals surface area (Å²) in [5.41, 5.74) is 1.14. The van der Waals surface area contributed by atoms with Crippen molar-refractivity contribution in [2.45, 2.75) is 25.9 Å². The maximum atomic E-state index is 5.73. The lowest BCUT2D eigenvalue weighted by Crippen LogP contribution is -2.38. The molecular formula is C20H33N3O3. The molecule has 1 aromatic rings. The van der Waals surface area contributed by atoms with E-state index >= 15 is 0 Å². The molecule has 2 atom stereocenters. The average molecular weight is 364 g/mol. The van der Waals surface area contributed by atoms with E-state index in [4.69, 9.17) is 14.2 Å². The average Bonchev–Trinajstić information content (AvgIpc) is 3.19. The van der Waals surface area contributed by atoms with Gasteiger partial charge in [0.1, 0.15) is 6.10 Å². The van der Waals surface area contributed by atoms with E-state index in [1.165, 1.54) is 0 Å². The van der Waals surface area contributed by atoms with Gasteiger partial charge in [0.05, 0.1) is 19.8 Å². The molecule has 0 saturated carbocycles. The van der Waals surface area contributed by atoms with Crippen molar-refractivity contribution in [1.29, 1.82) is 0 Å². The minimum Gasteiger partial charge on any atom is -0.381 e. The third-order valence-electron chi connectivity index (χ3n) is 4.35. The fourth-order valence-electron chi connectivity index (χ4n) is 2.85. The van der Waals surface area contributed by atoms with E-state index in [0.717, 1.165) is 63.9 Å². The van der Waals surface area contributed by atoms with Crippen LogP contribution in [0.5, 0.6) is 0 Å². The molecule has 2 rings (SSSR count). The Kier molecular flexibility index (Phi) is 10.1. The zero-order valence-corrected chi connectivity index (χ0v) is 16.1. The molecular weight excluding hydrogens is 330 g/mol. The first-order valence-electron chi connectivity index (χ1n) is 9.59. The molecule has 26 heavy (non-hydrogen) atoms. The fourth-order valence-corrected chi connectivity index (χ4v) is 2.85. The highest BCUT2D eigenvalue weighted by molar-refractivity contribution is 5.79. The minimum absolute atomic E-state index is 0.0383. The van der Waals surface area contributed by atoms with Crippen LogP contribution in [0.2, 0.25) is 0 Å². The van der Waals surface area contributed by atoms with E-state index in [9.17, 15) is 0 Å². The molecule has 1 aliphatic heterocycles. The Morgan fingerprint density at radius 3 is 2.85 bits per heavy atom. The van der Waals surface area contributed by atoms with Crippen LogP contribution in [0.15, 0.2) is 35.3 Å². The molecule has 146 valence electrons. The van der Waals surface area contributed by atoms with Crippen molar-refractivity contribution < 1.29 is 14.2 Å². The number of guanidine groups is 1. The van der Waals surface area contributed by atoms with Crippen LogP contribution in [0, 0.1) is 5.92 Å². The van der Waals surface area contributed by atoms with Gasteiger partial charge in [-0.1, -0.05) is 30.3 Å². The number of hydrogen-bond acceptors (Lipinski definition) is 4. The fraction of sp³-hybridized carbons (Fsp3) is 0.650. The lowest BCUT2D eigenvalue weighted by molar-refractivity contribution is 0.0887. The summed E-state index contributed by atoms with van der Waals surface area (Å²) in [6.07, 6.45) is 2.03. The second-order valence-electron chi connectivity index (χ2n) is 6.44. The van der Waals surface area contributed by atoms with Gasteiger partial charge < -0.3 is 24.8 Å². The lowest BCUT2D eigenvalue weighted by atomic mass is 10.1. The van der Waals surface area contributed by atoms with Gasteiger partial charge in [-0.15, -0.1) is 0 Å². The minimum atomic E-state index is -0.0383. The highest BCUT2D eigenvalue weighted by Crippen LogP contribution is 2.16. The van der Waals surface area contributed by atoms with Crippen LogP contribution in [0.3, 0.4) is 0 Å². The third kappa shape index (κ3) is 7.72. The first-order chi connectivity index (χ1) is 12.8. The van der Waals surface area contributed by atoms with Crippen LogP contribution < -0.4 is 10.6 Å². The Hall–Kier alpha value is -1.63. The van der Waals surface area contributed by atoms with Gasteiger partial charge >= 0.3 is 0 Å². The summed E-state index contributed by atoms with van der Waals surface area (Å²) in [7, 11) is 1.72. The van der Waals surface area contributed by atoms with E-state index in [2.05, 4.69) is 34.7 Å². The van der Waals surface area contributed by atoms with Crippen LogP contribution in [0.1, 0.15) is 31.4 Å². The zero-order chi connectivity index (χ0) is 18.5. The van der Waals surface area contributed by atoms with Crippen molar-refractivity contribution in [3.63, 3.8) is 0 Å². The topological polar surface area (TPSA) is 64.1 Å². The largest absolute Gasteiger partial charge is 0.381 e. The standard InChI is InChI=1S/C20H33N3O3/c1-3-21-20(22-11-7-12-25-15-17-10-13-26-16-17)23-14-19(24-2)18-8-5-4-6-9-18/h4-6,8-9,17,19H,3,7,10-16H2,1-2H3,(H2,21,22,23). The molecule has 0 radical (unpaired) electrons. The molecule has 6 nitrogen and oxygen atoms in total. The maximum Gasteiger partial charge on any atom is 0.191 e. The molecule has 2 N–H and O–H groups in total. The Balaban J connectivity index is 1.68. The second kappa shape index (κ2) is 12.7. The highest BCUT2D eigenvalue weighted by Gasteiger charge is 2.15. The Bertz CT molecular complexity index is 504. The molecule has 1 aliphatic rings. The summed E-state index contributed by atoms with van der Waals surface area (Å²) in [6, 6.07) is 10.2. The first kappa shape index (κ1) is 20.7. The quantitative estimate of drug-likeness (QED) is 0.359. The van der Waals surface area contributed by atoms with Gasteiger partial charge in [0.25, 0.3) is 0 Å². The molecule has 0 aliphatic carbocycles. The predicted octanol–water partition coefficient (Wildman–Crippen LogP) is 2.37. The summed E-state index contributed by atoms with van der Waals surface area (Å²) in [4.78, 5) is 4.65. The van der Waals surface area contributed by atoms with Gasteiger partial charge in [0, 0.05) is 39.3 Å². The van der Waals surface area contributed by atoms with Crippen LogP contribution in [-0.2, 0) is 14.2 Å². The number of aliphatic imine (C=N–C) groups is 1. The summed E-state index contributed by atoms with van der Waals surface area (Å²) in [5, 5.41) is 6.63. The summed E-state index contributed by atoms with van der Waals surface area (Å²) >= 11 is 0. The lowest BCUT2D eigenvalue weighted by Gasteiger charge is -2.16. The molecule has 2 unspecified atom stereocenters. The van der Waals surface area contributed by atoms with Gasteiger partial charge in [0.2, 0.25) is 0 Å². The normalized spacial score (nSPS) is 18.7. The predicted molar refractivity (Wildman–Crippen MR) is 105 cm³/mol. The van der Waals surface area contributed by atoms with E-state index < -0.39 is 0 Å². The Labute approximate surface area is 157 Å². The van der Waals surface area contributed by atoms with E-state index in [1.807, 2.05) is 18.2 Å². The van der Waals surface area contributed by atoms with Crippen molar-refractivity contribution in [1.82, 2.24) is 10.6 Å². The van der Waals surface area contributed by atoms with Crippen LogP contribution in [0.25, 0.3) is 0 Å². The SMILES string of the molecule is CCNC(=NCC(OC)c1ccccc1)NCCCOCC1CCOC1. The van der Waals surface area contributed by atoms with Crippen molar-refractivity contribution in [3.05, 3.63) is 35.9 Å². The molecule has 1 heterocycles. The number of nitrogens with zero attached hydrogens (tertiary/aromatic N) is 1. The summed E-state index contributed by atoms with van der Waals surface area (Å²) in [5.74, 6) is 1.39. The van der Waals surface area contributed by atoms with Crippen molar-refractivity contribution >= 4 is 5.96 Å². The number of ether oxygens (including phenoxy) is 3. The first-order valence-corrected chi connectivity index (χ1v) is 9.59. The molecule has 0 aromatic heterocycles. The van der Waals surface area contributed by atoms with Crippen molar-refractivity contribution in [2.75, 3.05) is 53.2 Å². The number of benzene rings is 1. The van der Waals surface area contributed by atoms with Crippen molar-refractivity contribution in [2.24, 2.45) is 10.9 Å². The summed E-state index contributed by atoms with van der Waals surface area (Å²) < 4.78 is 16.7. The molecule has 0 bridgehead atoms. The summed E-state index contributed by atoms with van der Waals surface area (Å²) in [6.45, 7) is 7.58. The van der Waals surface area contributed by atoms with Gasteiger partial charge in [-0.2, -0.15) is 0 Å². The number of nitrogens with one attached hydrogen (secondary N) is 2. The monoisotopic (exact) mass is 363 g/mol. The van der Waals surface area contributed by atoms with E-state index in [-0.39, 0.29) is 6.10 Å². The Morgan fingerprint density at radius 2 is 2.15 bits per heavy atom. The smallest absolute Gasteiger partial charge is 0.191 e. The number of hydrogen-bond donors (Lipinski definition) is 2. The maximum absolute atomic E-state index is 5.73. The van der Waals surface area contributed by atoms with Crippen LogP contribution in [0.4, 0.5) is 0 Å². The van der Waals surface area contributed by atoms with Crippen molar-refractivity contribution in [3.8, 4) is 0 Å². The van der Waals surface area contributed by atoms with Crippen LogP contribution >= 0.6 is 0 Å². The Morgan fingerprint density at radius 1 is 1.31 bits per heavy atom. The molecule has 6 heteroatoms. The molecule has 1 saturated heterocycles. The van der Waals surface area contributed by atoms with Gasteiger partial charge in [0.15, 0.2) is 5.96 Å². The van der Waals surface area contributed by atoms with Gasteiger partial charge in [-0.25, -0.2) is 0 Å². The van der Waals surface area contributed by atoms with Crippen LogP contribution in [-0.4, -0.2) is 59.1 Å². The van der Waals surface area contributed by atoms with E-state index in [0.29, 0.717) is 12.5 Å². The molecule has 1 aromatic carbocycles. The molecule has 0 spiro atoms. The van der Waals surface area contributed by atoms with Gasteiger partial charge in [-0.05, 0) is 25.3 Å². The number of rotatable bonds is 11. The zero-order valence-electron chi connectivity index (χ0n) is 16.1. The third-order valence-corrected chi connectivity index (χ3v) is 4.35. The van der Waals surface area contributed by atoms with E-state index in [1.54, 1.807) is 7.11 Å². The second-order valence-corrected chi connectivity index (χ2v) is 6.44.